The van der Waals surface area contributed by atoms with Crippen LogP contribution >= 0.6 is 0 Å². The number of rotatable bonds is 5. The first-order valence-corrected chi connectivity index (χ1v) is 9.59. The smallest absolute Gasteiger partial charge is 0.243 e. The van der Waals surface area contributed by atoms with Crippen molar-refractivity contribution in [1.82, 2.24) is 14.2 Å². The van der Waals surface area contributed by atoms with Crippen molar-refractivity contribution < 1.29 is 8.42 Å². The van der Waals surface area contributed by atoms with E-state index in [0.29, 0.717) is 24.0 Å². The van der Waals surface area contributed by atoms with Gasteiger partial charge in [-0.1, -0.05) is 26.0 Å². The van der Waals surface area contributed by atoms with Crippen molar-refractivity contribution in [2.24, 2.45) is 0 Å². The van der Waals surface area contributed by atoms with Gasteiger partial charge in [-0.3, -0.25) is 9.88 Å². The molecule has 0 aliphatic carbocycles. The average Bonchev–Trinajstić information content (AvgIpc) is 3.06. The molecule has 1 saturated heterocycles. The summed E-state index contributed by atoms with van der Waals surface area (Å²) in [5, 5.41) is 1.60. The number of pyridine rings is 1. The number of aromatic nitrogens is 1. The molecule has 1 aromatic heterocycles. The van der Waals surface area contributed by atoms with Crippen LogP contribution in [0.3, 0.4) is 0 Å². The van der Waals surface area contributed by atoms with E-state index in [1.807, 2.05) is 6.07 Å². The van der Waals surface area contributed by atoms with Crippen molar-refractivity contribution in [3.05, 3.63) is 36.7 Å². The first-order valence-electron chi connectivity index (χ1n) is 8.14. The molecule has 0 saturated carbocycles. The van der Waals surface area contributed by atoms with Gasteiger partial charge in [0.2, 0.25) is 10.0 Å². The van der Waals surface area contributed by atoms with Crippen LogP contribution in [0.25, 0.3) is 10.8 Å². The molecule has 1 aliphatic heterocycles. The number of likely N-dealkylation sites (N-methyl/N-ethyl adjacent to an activating group) is 1. The van der Waals surface area contributed by atoms with E-state index in [0.717, 1.165) is 30.3 Å². The fourth-order valence-electron chi connectivity index (χ4n) is 3.42. The minimum atomic E-state index is -3.47. The lowest BCUT2D eigenvalue weighted by Gasteiger charge is -2.26. The second kappa shape index (κ2) is 6.55. The van der Waals surface area contributed by atoms with Gasteiger partial charge in [-0.05, 0) is 31.6 Å². The van der Waals surface area contributed by atoms with E-state index in [2.05, 4.69) is 23.7 Å². The number of fused-ring (bicyclic) bond motifs is 1. The van der Waals surface area contributed by atoms with Gasteiger partial charge in [-0.2, -0.15) is 4.31 Å². The lowest BCUT2D eigenvalue weighted by Crippen LogP contribution is -2.38. The fourth-order valence-corrected chi connectivity index (χ4v) is 5.13. The summed E-state index contributed by atoms with van der Waals surface area (Å²) in [5.41, 5.74) is 0. The zero-order valence-corrected chi connectivity index (χ0v) is 14.5. The number of benzene rings is 1. The third-order valence-electron chi connectivity index (χ3n) is 4.71. The van der Waals surface area contributed by atoms with E-state index in [4.69, 9.17) is 0 Å². The molecule has 0 amide bonds. The van der Waals surface area contributed by atoms with Crippen LogP contribution in [0.1, 0.15) is 20.3 Å². The van der Waals surface area contributed by atoms with E-state index in [1.54, 1.807) is 34.9 Å². The van der Waals surface area contributed by atoms with E-state index in [-0.39, 0.29) is 0 Å². The molecular weight excluding hydrogens is 310 g/mol. The van der Waals surface area contributed by atoms with Crippen molar-refractivity contribution in [2.75, 3.05) is 26.2 Å². The van der Waals surface area contributed by atoms with Gasteiger partial charge in [0.15, 0.2) is 0 Å². The normalized spacial score (nSPS) is 19.7. The van der Waals surface area contributed by atoms with Gasteiger partial charge in [-0.15, -0.1) is 0 Å². The Balaban J connectivity index is 1.93. The third kappa shape index (κ3) is 2.98. The Morgan fingerprint density at radius 3 is 2.78 bits per heavy atom. The van der Waals surface area contributed by atoms with Gasteiger partial charge in [-0.25, -0.2) is 8.42 Å². The highest BCUT2D eigenvalue weighted by Crippen LogP contribution is 2.28. The van der Waals surface area contributed by atoms with Crippen molar-refractivity contribution in [2.45, 2.75) is 31.2 Å². The molecule has 0 unspecified atom stereocenters. The van der Waals surface area contributed by atoms with Crippen LogP contribution in [-0.2, 0) is 10.0 Å². The third-order valence-corrected chi connectivity index (χ3v) is 6.64. The Morgan fingerprint density at radius 2 is 2.04 bits per heavy atom. The standard InChI is InChI=1S/C17H23N3O2S/c1-3-19(4-2)15-9-11-20(13-15)23(21,22)17-7-5-6-14-12-18-10-8-16(14)17/h5-8,10,12,15H,3-4,9,11,13H2,1-2H3/t15-/m0/s1. The van der Waals surface area contributed by atoms with E-state index in [1.165, 1.54) is 0 Å². The number of nitrogens with zero attached hydrogens (tertiary/aromatic N) is 3. The highest BCUT2D eigenvalue weighted by molar-refractivity contribution is 7.89. The predicted octanol–water partition coefficient (Wildman–Crippen LogP) is 2.34. The van der Waals surface area contributed by atoms with Crippen LogP contribution in [0.5, 0.6) is 0 Å². The Hall–Kier alpha value is -1.50. The van der Waals surface area contributed by atoms with Crippen molar-refractivity contribution in [3.63, 3.8) is 0 Å². The molecule has 2 heterocycles. The minimum absolute atomic E-state index is 0.316. The summed E-state index contributed by atoms with van der Waals surface area (Å²) in [6.07, 6.45) is 4.24. The lowest BCUT2D eigenvalue weighted by molar-refractivity contribution is 0.224. The Kier molecular flexibility index (Phi) is 4.66. The maximum Gasteiger partial charge on any atom is 0.243 e. The van der Waals surface area contributed by atoms with Crippen molar-refractivity contribution >= 4 is 20.8 Å². The van der Waals surface area contributed by atoms with Crippen molar-refractivity contribution in [1.29, 1.82) is 0 Å². The molecule has 1 fully saturated rings. The molecule has 1 atom stereocenters. The highest BCUT2D eigenvalue weighted by Gasteiger charge is 2.35. The van der Waals surface area contributed by atoms with Crippen LogP contribution in [0.2, 0.25) is 0 Å². The van der Waals surface area contributed by atoms with Crippen LogP contribution < -0.4 is 0 Å². The Bertz CT molecular complexity index is 782. The minimum Gasteiger partial charge on any atom is -0.300 e. The summed E-state index contributed by atoms with van der Waals surface area (Å²) in [7, 11) is -3.47. The first-order chi connectivity index (χ1) is 11.1. The zero-order valence-electron chi connectivity index (χ0n) is 13.6. The number of hydrogen-bond acceptors (Lipinski definition) is 4. The lowest BCUT2D eigenvalue weighted by atomic mass is 10.2. The molecule has 2 aromatic rings. The van der Waals surface area contributed by atoms with Crippen LogP contribution in [0, 0.1) is 0 Å². The maximum atomic E-state index is 13.1. The Labute approximate surface area is 138 Å². The summed E-state index contributed by atoms with van der Waals surface area (Å²) < 4.78 is 27.8. The first kappa shape index (κ1) is 16.4. The monoisotopic (exact) mass is 333 g/mol. The summed E-state index contributed by atoms with van der Waals surface area (Å²) in [6, 6.07) is 7.47. The van der Waals surface area contributed by atoms with E-state index in [9.17, 15) is 8.42 Å². The molecule has 1 aromatic carbocycles. The second-order valence-electron chi connectivity index (χ2n) is 5.88. The molecule has 1 aliphatic rings. The molecule has 5 nitrogen and oxygen atoms in total. The average molecular weight is 333 g/mol. The van der Waals surface area contributed by atoms with Crippen LogP contribution in [0.4, 0.5) is 0 Å². The quantitative estimate of drug-likeness (QED) is 0.843. The molecule has 0 spiro atoms. The van der Waals surface area contributed by atoms with Crippen molar-refractivity contribution in [3.8, 4) is 0 Å². The van der Waals surface area contributed by atoms with Gasteiger partial charge in [0, 0.05) is 42.3 Å². The van der Waals surface area contributed by atoms with Gasteiger partial charge in [0.1, 0.15) is 0 Å². The fraction of sp³-hybridized carbons (Fsp3) is 0.471. The number of sulfonamides is 1. The summed E-state index contributed by atoms with van der Waals surface area (Å²) in [4.78, 5) is 6.80. The topological polar surface area (TPSA) is 53.5 Å². The van der Waals surface area contributed by atoms with Gasteiger partial charge in [0.05, 0.1) is 4.90 Å². The molecule has 23 heavy (non-hydrogen) atoms. The zero-order chi connectivity index (χ0) is 16.4. The summed E-state index contributed by atoms with van der Waals surface area (Å²) in [5.74, 6) is 0. The van der Waals surface area contributed by atoms with Gasteiger partial charge >= 0.3 is 0 Å². The maximum absolute atomic E-state index is 13.1. The molecule has 6 heteroatoms. The van der Waals surface area contributed by atoms with Gasteiger partial charge in [0.25, 0.3) is 0 Å². The highest BCUT2D eigenvalue weighted by atomic mass is 32.2. The molecule has 0 N–H and O–H groups in total. The molecule has 0 bridgehead atoms. The summed E-state index contributed by atoms with van der Waals surface area (Å²) in [6.45, 7) is 7.32. The second-order valence-corrected chi connectivity index (χ2v) is 7.79. The van der Waals surface area contributed by atoms with Gasteiger partial charge < -0.3 is 0 Å². The summed E-state index contributed by atoms with van der Waals surface area (Å²) >= 11 is 0. The molecule has 0 radical (unpaired) electrons. The largest absolute Gasteiger partial charge is 0.300 e. The van der Waals surface area contributed by atoms with E-state index < -0.39 is 10.0 Å². The number of hydrogen-bond donors (Lipinski definition) is 0. The molecule has 3 rings (SSSR count). The molecule has 124 valence electrons. The SMILES string of the molecule is CCN(CC)[C@H]1CCN(S(=O)(=O)c2cccc3cnccc23)C1. The van der Waals surface area contributed by atoms with Crippen LogP contribution in [-0.4, -0.2) is 54.8 Å². The van der Waals surface area contributed by atoms with Crippen LogP contribution in [0.15, 0.2) is 41.6 Å². The molecular formula is C17H23N3O2S. The predicted molar refractivity (Wildman–Crippen MR) is 91.8 cm³/mol. The Morgan fingerprint density at radius 1 is 1.26 bits per heavy atom. The van der Waals surface area contributed by atoms with E-state index >= 15 is 0 Å².